The lowest BCUT2D eigenvalue weighted by Crippen LogP contribution is -2.16. The Labute approximate surface area is 112 Å². The molecule has 0 fully saturated rings. The van der Waals surface area contributed by atoms with E-state index in [0.29, 0.717) is 16.8 Å². The summed E-state index contributed by atoms with van der Waals surface area (Å²) in [5.41, 5.74) is 7.47. The van der Waals surface area contributed by atoms with Gasteiger partial charge in [0.25, 0.3) is 0 Å². The molecule has 0 aliphatic rings. The lowest BCUT2D eigenvalue weighted by atomic mass is 10.1. The highest BCUT2D eigenvalue weighted by Gasteiger charge is 2.18. The van der Waals surface area contributed by atoms with E-state index in [1.54, 1.807) is 13.8 Å². The normalized spacial score (nSPS) is 12.6. The number of nitrogen functional groups attached to an aromatic ring is 1. The molecule has 3 N–H and O–H groups in total. The summed E-state index contributed by atoms with van der Waals surface area (Å²) in [6.07, 6.45) is 0. The SMILES string of the molecule is Cc1cc(S(=O)(=O)CCOS(=O)(=O)O)cc(C)c1N. The topological polar surface area (TPSA) is 124 Å². The summed E-state index contributed by atoms with van der Waals surface area (Å²) >= 11 is 0. The minimum atomic E-state index is -4.64. The van der Waals surface area contributed by atoms with Gasteiger partial charge in [0.1, 0.15) is 0 Å². The Bertz CT molecular complexity index is 655. The molecule has 0 atom stereocenters. The van der Waals surface area contributed by atoms with Gasteiger partial charge in [0.15, 0.2) is 9.84 Å². The van der Waals surface area contributed by atoms with Crippen LogP contribution in [0.15, 0.2) is 17.0 Å². The predicted octanol–water partition coefficient (Wildman–Crippen LogP) is 0.479. The van der Waals surface area contributed by atoms with Gasteiger partial charge in [-0.2, -0.15) is 8.42 Å². The van der Waals surface area contributed by atoms with Crippen LogP contribution in [0.2, 0.25) is 0 Å². The fourth-order valence-electron chi connectivity index (χ4n) is 1.48. The highest BCUT2D eigenvalue weighted by molar-refractivity contribution is 7.91. The van der Waals surface area contributed by atoms with Crippen LogP contribution in [0.1, 0.15) is 11.1 Å². The van der Waals surface area contributed by atoms with Gasteiger partial charge < -0.3 is 5.73 Å². The van der Waals surface area contributed by atoms with Crippen molar-refractivity contribution in [3.8, 4) is 0 Å². The average molecular weight is 309 g/mol. The van der Waals surface area contributed by atoms with Crippen molar-refractivity contribution >= 4 is 25.9 Å². The van der Waals surface area contributed by atoms with Gasteiger partial charge in [-0.15, -0.1) is 0 Å². The third kappa shape index (κ3) is 4.46. The molecule has 0 aromatic heterocycles. The van der Waals surface area contributed by atoms with Crippen molar-refractivity contribution < 1.29 is 25.6 Å². The molecule has 1 aromatic carbocycles. The molecule has 0 saturated carbocycles. The van der Waals surface area contributed by atoms with Gasteiger partial charge in [-0.3, -0.25) is 4.55 Å². The molecule has 0 amide bonds. The number of benzene rings is 1. The molecule has 0 saturated heterocycles. The highest BCUT2D eigenvalue weighted by Crippen LogP contribution is 2.22. The van der Waals surface area contributed by atoms with E-state index < -0.39 is 32.6 Å². The molecule has 0 aliphatic heterocycles. The van der Waals surface area contributed by atoms with Gasteiger partial charge in [0.2, 0.25) is 0 Å². The van der Waals surface area contributed by atoms with Gasteiger partial charge >= 0.3 is 10.4 Å². The monoisotopic (exact) mass is 309 g/mol. The predicted molar refractivity (Wildman–Crippen MR) is 69.9 cm³/mol. The maximum absolute atomic E-state index is 11.9. The third-order valence-corrected chi connectivity index (χ3v) is 4.63. The van der Waals surface area contributed by atoms with Crippen molar-refractivity contribution in [2.45, 2.75) is 18.7 Å². The molecule has 1 aromatic rings. The Morgan fingerprint density at radius 2 is 1.63 bits per heavy atom. The smallest absolute Gasteiger partial charge is 0.397 e. The largest absolute Gasteiger partial charge is 0.398 e. The van der Waals surface area contributed by atoms with Crippen LogP contribution in [0.5, 0.6) is 0 Å². The van der Waals surface area contributed by atoms with E-state index in [2.05, 4.69) is 4.18 Å². The Morgan fingerprint density at radius 3 is 2.05 bits per heavy atom. The van der Waals surface area contributed by atoms with E-state index in [9.17, 15) is 16.8 Å². The molecule has 0 spiro atoms. The Kier molecular flexibility index (Phi) is 4.56. The second kappa shape index (κ2) is 5.45. The molecule has 7 nitrogen and oxygen atoms in total. The van der Waals surface area contributed by atoms with Crippen LogP contribution >= 0.6 is 0 Å². The van der Waals surface area contributed by atoms with Gasteiger partial charge in [-0.1, -0.05) is 0 Å². The molecular formula is C10H15NO6S2. The van der Waals surface area contributed by atoms with Crippen LogP contribution < -0.4 is 5.73 Å². The van der Waals surface area contributed by atoms with Crippen LogP contribution in [0.25, 0.3) is 0 Å². The molecule has 0 aliphatic carbocycles. The molecule has 19 heavy (non-hydrogen) atoms. The lowest BCUT2D eigenvalue weighted by molar-refractivity contribution is 0.284. The van der Waals surface area contributed by atoms with Crippen LogP contribution in [-0.2, 0) is 24.4 Å². The fraction of sp³-hybridized carbons (Fsp3) is 0.400. The zero-order valence-electron chi connectivity index (χ0n) is 10.5. The number of nitrogens with two attached hydrogens (primary N) is 1. The maximum Gasteiger partial charge on any atom is 0.397 e. The Balaban J connectivity index is 2.95. The first kappa shape index (κ1) is 15.9. The van der Waals surface area contributed by atoms with E-state index in [4.69, 9.17) is 10.3 Å². The van der Waals surface area contributed by atoms with Gasteiger partial charge in [0, 0.05) is 5.69 Å². The number of aryl methyl sites for hydroxylation is 2. The summed E-state index contributed by atoms with van der Waals surface area (Å²) in [4.78, 5) is 0.0376. The van der Waals surface area contributed by atoms with E-state index in [-0.39, 0.29) is 4.90 Å². The standard InChI is InChI=1S/C10H15NO6S2/c1-7-5-9(6-8(2)10(7)11)18(12,13)4-3-17-19(14,15)16/h5-6H,3-4,11H2,1-2H3,(H,14,15,16). The van der Waals surface area contributed by atoms with E-state index in [0.717, 1.165) is 0 Å². The summed E-state index contributed by atoms with van der Waals surface area (Å²) < 4.78 is 56.9. The first-order chi connectivity index (χ1) is 8.53. The van der Waals surface area contributed by atoms with Crippen LogP contribution in [0.3, 0.4) is 0 Å². The summed E-state index contributed by atoms with van der Waals surface area (Å²) in [7, 11) is -8.34. The first-order valence-electron chi connectivity index (χ1n) is 5.24. The summed E-state index contributed by atoms with van der Waals surface area (Å²) in [6.45, 7) is 2.70. The molecule has 108 valence electrons. The average Bonchev–Trinajstić information content (AvgIpc) is 2.22. The van der Waals surface area contributed by atoms with Crippen molar-refractivity contribution in [2.75, 3.05) is 18.1 Å². The molecule has 9 heteroatoms. The summed E-state index contributed by atoms with van der Waals surface area (Å²) in [5.74, 6) is -0.560. The first-order valence-corrected chi connectivity index (χ1v) is 8.26. The fourth-order valence-corrected chi connectivity index (χ4v) is 3.13. The van der Waals surface area contributed by atoms with Gasteiger partial charge in [-0.25, -0.2) is 12.6 Å². The number of rotatable bonds is 5. The van der Waals surface area contributed by atoms with Crippen LogP contribution in [-0.4, -0.2) is 33.7 Å². The van der Waals surface area contributed by atoms with E-state index in [1.807, 2.05) is 0 Å². The van der Waals surface area contributed by atoms with Crippen LogP contribution in [0.4, 0.5) is 5.69 Å². The quantitative estimate of drug-likeness (QED) is 0.598. The second-order valence-corrected chi connectivity index (χ2v) is 7.24. The third-order valence-electron chi connectivity index (χ3n) is 2.51. The van der Waals surface area contributed by atoms with E-state index >= 15 is 0 Å². The van der Waals surface area contributed by atoms with Gasteiger partial charge in [0.05, 0.1) is 17.3 Å². The number of hydrogen-bond acceptors (Lipinski definition) is 6. The molecule has 0 bridgehead atoms. The van der Waals surface area contributed by atoms with Crippen molar-refractivity contribution in [1.29, 1.82) is 0 Å². The van der Waals surface area contributed by atoms with E-state index in [1.165, 1.54) is 12.1 Å². The molecule has 0 radical (unpaired) electrons. The molecular weight excluding hydrogens is 294 g/mol. The number of hydrogen-bond donors (Lipinski definition) is 2. The molecule has 0 heterocycles. The minimum absolute atomic E-state index is 0.0376. The van der Waals surface area contributed by atoms with Crippen LogP contribution in [0, 0.1) is 13.8 Å². The Morgan fingerprint density at radius 1 is 1.16 bits per heavy atom. The van der Waals surface area contributed by atoms with Crippen molar-refractivity contribution in [1.82, 2.24) is 0 Å². The second-order valence-electron chi connectivity index (χ2n) is 4.04. The number of sulfone groups is 1. The molecule has 0 unspecified atom stereocenters. The number of anilines is 1. The minimum Gasteiger partial charge on any atom is -0.398 e. The van der Waals surface area contributed by atoms with Crippen molar-refractivity contribution in [3.05, 3.63) is 23.3 Å². The lowest BCUT2D eigenvalue weighted by Gasteiger charge is -2.09. The maximum atomic E-state index is 11.9. The van der Waals surface area contributed by atoms with Crippen molar-refractivity contribution in [2.24, 2.45) is 0 Å². The van der Waals surface area contributed by atoms with Crippen molar-refractivity contribution in [3.63, 3.8) is 0 Å². The summed E-state index contributed by atoms with van der Waals surface area (Å²) in [5, 5.41) is 0. The highest BCUT2D eigenvalue weighted by atomic mass is 32.3. The van der Waals surface area contributed by atoms with Gasteiger partial charge in [-0.05, 0) is 37.1 Å². The zero-order chi connectivity index (χ0) is 14.8. The summed E-state index contributed by atoms with van der Waals surface area (Å²) in [6, 6.07) is 2.82. The Hall–Kier alpha value is -1.16. The zero-order valence-corrected chi connectivity index (χ0v) is 12.1. The molecule has 1 rings (SSSR count).